The molecular formula is C18H21BN2O4. The third kappa shape index (κ3) is 3.04. The largest absolute Gasteiger partial charge is 0.552 e. The minimum atomic E-state index is -0.950. The Morgan fingerprint density at radius 2 is 2.36 bits per heavy atom. The van der Waals surface area contributed by atoms with Crippen molar-refractivity contribution < 1.29 is 19.2 Å². The van der Waals surface area contributed by atoms with E-state index in [9.17, 15) is 9.82 Å². The summed E-state index contributed by atoms with van der Waals surface area (Å²) in [6, 6.07) is 1.98. The van der Waals surface area contributed by atoms with Gasteiger partial charge in [0, 0.05) is 23.6 Å². The molecule has 0 spiro atoms. The van der Waals surface area contributed by atoms with Gasteiger partial charge in [0.05, 0.1) is 12.8 Å². The molecule has 1 fully saturated rings. The topological polar surface area (TPSA) is 84.4 Å². The molecule has 1 aliphatic heterocycles. The van der Waals surface area contributed by atoms with E-state index in [-0.39, 0.29) is 5.97 Å². The molecule has 1 aliphatic carbocycles. The zero-order valence-corrected chi connectivity index (χ0v) is 14.2. The molecular weight excluding hydrogens is 319 g/mol. The van der Waals surface area contributed by atoms with E-state index < -0.39 is 7.12 Å². The van der Waals surface area contributed by atoms with Crippen LogP contribution in [0.15, 0.2) is 24.4 Å². The van der Waals surface area contributed by atoms with Crippen LogP contribution in [0.25, 0.3) is 16.6 Å². The molecule has 2 aliphatic rings. The molecule has 7 heteroatoms. The number of pyridine rings is 1. The number of allylic oxidation sites excluding steroid dienone is 1. The summed E-state index contributed by atoms with van der Waals surface area (Å²) in [6.45, 7) is 2.49. The molecule has 6 nitrogen and oxygen atoms in total. The SMILES string of the molecule is CCCOC(=O)CC1CC(C2=CB(O)Oc3cnc4[nH]ccc4c32)C1. The van der Waals surface area contributed by atoms with E-state index >= 15 is 0 Å². The number of ether oxygens (including phenoxy) is 1. The van der Waals surface area contributed by atoms with E-state index in [2.05, 4.69) is 9.97 Å². The lowest BCUT2D eigenvalue weighted by Crippen LogP contribution is -2.31. The number of H-pyrrole nitrogens is 1. The van der Waals surface area contributed by atoms with Crippen molar-refractivity contribution in [3.63, 3.8) is 0 Å². The van der Waals surface area contributed by atoms with Crippen LogP contribution >= 0.6 is 0 Å². The minimum Gasteiger partial charge on any atom is -0.531 e. The standard InChI is InChI=1S/C18H21BN2O4/c1-2-5-24-16(22)8-11-6-12(7-11)14-9-19(23)25-15-10-21-18-13(17(14)15)3-4-20-18/h3-4,9-12,23H,2,5-8H2,1H3,(H,20,21). The van der Waals surface area contributed by atoms with E-state index in [0.29, 0.717) is 30.6 Å². The smallest absolute Gasteiger partial charge is 0.531 e. The Labute approximate surface area is 146 Å². The van der Waals surface area contributed by atoms with Gasteiger partial charge >= 0.3 is 13.1 Å². The van der Waals surface area contributed by atoms with Crippen molar-refractivity contribution in [2.24, 2.45) is 11.8 Å². The first-order chi connectivity index (χ1) is 12.2. The number of esters is 1. The van der Waals surface area contributed by atoms with Crippen LogP contribution in [0.4, 0.5) is 0 Å². The summed E-state index contributed by atoms with van der Waals surface area (Å²) < 4.78 is 10.7. The Morgan fingerprint density at radius 1 is 1.52 bits per heavy atom. The average Bonchev–Trinajstić information content (AvgIpc) is 3.03. The molecule has 0 saturated heterocycles. The van der Waals surface area contributed by atoms with Gasteiger partial charge in [-0.15, -0.1) is 0 Å². The summed E-state index contributed by atoms with van der Waals surface area (Å²) in [5.41, 5.74) is 2.91. The number of carbonyl (C=O) groups excluding carboxylic acids is 1. The van der Waals surface area contributed by atoms with Crippen LogP contribution in [-0.4, -0.2) is 34.7 Å². The fraction of sp³-hybridized carbons (Fsp3) is 0.444. The number of nitrogens with one attached hydrogen (secondary N) is 1. The van der Waals surface area contributed by atoms with Gasteiger partial charge in [-0.2, -0.15) is 0 Å². The Bertz CT molecular complexity index is 826. The van der Waals surface area contributed by atoms with Gasteiger partial charge in [-0.05, 0) is 48.7 Å². The number of hydrogen-bond donors (Lipinski definition) is 2. The highest BCUT2D eigenvalue weighted by atomic mass is 16.5. The number of aromatic nitrogens is 2. The molecule has 2 aromatic heterocycles. The number of hydrogen-bond acceptors (Lipinski definition) is 5. The second-order valence-electron chi connectivity index (χ2n) is 6.83. The van der Waals surface area contributed by atoms with E-state index in [0.717, 1.165) is 41.4 Å². The van der Waals surface area contributed by atoms with Gasteiger partial charge in [-0.25, -0.2) is 4.98 Å². The first kappa shape index (κ1) is 16.2. The van der Waals surface area contributed by atoms with E-state index in [1.807, 2.05) is 19.2 Å². The predicted octanol–water partition coefficient (Wildman–Crippen LogP) is 2.73. The van der Waals surface area contributed by atoms with Crippen molar-refractivity contribution in [2.75, 3.05) is 6.61 Å². The number of rotatable bonds is 5. The maximum absolute atomic E-state index is 11.8. The molecule has 1 saturated carbocycles. The normalized spacial score (nSPS) is 22.0. The van der Waals surface area contributed by atoms with Gasteiger partial charge in [0.1, 0.15) is 11.4 Å². The molecule has 0 unspecified atom stereocenters. The minimum absolute atomic E-state index is 0.107. The summed E-state index contributed by atoms with van der Waals surface area (Å²) in [5.74, 6) is 2.96. The fourth-order valence-electron chi connectivity index (χ4n) is 3.78. The maximum Gasteiger partial charge on any atom is 0.552 e. The molecule has 2 aromatic rings. The lowest BCUT2D eigenvalue weighted by molar-refractivity contribution is -0.145. The second kappa shape index (κ2) is 6.56. The van der Waals surface area contributed by atoms with Crippen LogP contribution in [0, 0.1) is 11.8 Å². The predicted molar refractivity (Wildman–Crippen MR) is 94.8 cm³/mol. The van der Waals surface area contributed by atoms with Gasteiger partial charge in [-0.1, -0.05) is 6.92 Å². The highest BCUT2D eigenvalue weighted by Gasteiger charge is 2.38. The highest BCUT2D eigenvalue weighted by molar-refractivity contribution is 6.52. The zero-order valence-electron chi connectivity index (χ0n) is 14.2. The highest BCUT2D eigenvalue weighted by Crippen LogP contribution is 2.49. The number of nitrogens with zero attached hydrogens (tertiary/aromatic N) is 1. The first-order valence-electron chi connectivity index (χ1n) is 8.84. The quantitative estimate of drug-likeness (QED) is 0.646. The lowest BCUT2D eigenvalue weighted by Gasteiger charge is -2.38. The fourth-order valence-corrected chi connectivity index (χ4v) is 3.78. The Kier molecular flexibility index (Phi) is 4.25. The third-order valence-corrected chi connectivity index (χ3v) is 5.01. The van der Waals surface area contributed by atoms with Crippen molar-refractivity contribution in [3.8, 4) is 5.75 Å². The van der Waals surface area contributed by atoms with Crippen molar-refractivity contribution >= 4 is 29.7 Å². The number of aromatic amines is 1. The van der Waals surface area contributed by atoms with E-state index in [4.69, 9.17) is 9.39 Å². The van der Waals surface area contributed by atoms with Gasteiger partial charge in [0.2, 0.25) is 0 Å². The van der Waals surface area contributed by atoms with Gasteiger partial charge in [-0.3, -0.25) is 4.79 Å². The van der Waals surface area contributed by atoms with E-state index in [1.165, 1.54) is 0 Å². The third-order valence-electron chi connectivity index (χ3n) is 5.01. The summed E-state index contributed by atoms with van der Waals surface area (Å²) in [4.78, 5) is 19.2. The van der Waals surface area contributed by atoms with Crippen LogP contribution in [0.2, 0.25) is 0 Å². The number of fused-ring (bicyclic) bond motifs is 3. The molecule has 4 rings (SSSR count). The maximum atomic E-state index is 11.8. The number of carbonyl (C=O) groups is 1. The van der Waals surface area contributed by atoms with Crippen LogP contribution < -0.4 is 4.65 Å². The summed E-state index contributed by atoms with van der Waals surface area (Å²) in [6.07, 6.45) is 6.68. The zero-order chi connectivity index (χ0) is 17.4. The first-order valence-corrected chi connectivity index (χ1v) is 8.84. The Morgan fingerprint density at radius 3 is 3.16 bits per heavy atom. The molecule has 130 valence electrons. The molecule has 2 N–H and O–H groups in total. The second-order valence-corrected chi connectivity index (χ2v) is 6.83. The molecule has 25 heavy (non-hydrogen) atoms. The van der Waals surface area contributed by atoms with Crippen LogP contribution in [0.5, 0.6) is 5.75 Å². The van der Waals surface area contributed by atoms with Crippen molar-refractivity contribution in [3.05, 3.63) is 30.0 Å². The molecule has 0 amide bonds. The summed E-state index contributed by atoms with van der Waals surface area (Å²) >= 11 is 0. The lowest BCUT2D eigenvalue weighted by atomic mass is 9.65. The summed E-state index contributed by atoms with van der Waals surface area (Å²) in [5, 5.41) is 11.0. The van der Waals surface area contributed by atoms with Gasteiger partial charge in [0.15, 0.2) is 0 Å². The Hall–Kier alpha value is -2.28. The van der Waals surface area contributed by atoms with Gasteiger partial charge < -0.3 is 19.4 Å². The molecule has 0 atom stereocenters. The molecule has 0 aromatic carbocycles. The summed E-state index contributed by atoms with van der Waals surface area (Å²) in [7, 11) is -0.950. The Balaban J connectivity index is 1.51. The molecule has 0 radical (unpaired) electrons. The monoisotopic (exact) mass is 340 g/mol. The van der Waals surface area contributed by atoms with Crippen LogP contribution in [0.3, 0.4) is 0 Å². The van der Waals surface area contributed by atoms with Crippen molar-refractivity contribution in [2.45, 2.75) is 32.6 Å². The molecule has 0 bridgehead atoms. The molecule has 3 heterocycles. The van der Waals surface area contributed by atoms with Crippen molar-refractivity contribution in [1.29, 1.82) is 0 Å². The van der Waals surface area contributed by atoms with Crippen molar-refractivity contribution in [1.82, 2.24) is 9.97 Å². The van der Waals surface area contributed by atoms with Gasteiger partial charge in [0.25, 0.3) is 0 Å². The average molecular weight is 340 g/mol. The van der Waals surface area contributed by atoms with Crippen LogP contribution in [-0.2, 0) is 9.53 Å². The van der Waals surface area contributed by atoms with Crippen LogP contribution in [0.1, 0.15) is 38.2 Å². The van der Waals surface area contributed by atoms with E-state index in [1.54, 1.807) is 12.2 Å².